The van der Waals surface area contributed by atoms with E-state index in [1.165, 1.54) is 40.6 Å². The van der Waals surface area contributed by atoms with Crippen LogP contribution in [0, 0.1) is 22.7 Å². The molecule has 3 nitrogen and oxygen atoms in total. The number of nitriles is 1. The molecule has 0 bridgehead atoms. The molecule has 1 atom stereocenters. The van der Waals surface area contributed by atoms with Crippen LogP contribution in [-0.4, -0.2) is 6.21 Å². The Labute approximate surface area is 189 Å². The molecule has 4 rings (SSSR count). The number of thiophene rings is 1. The van der Waals surface area contributed by atoms with Gasteiger partial charge in [0.05, 0.1) is 17.3 Å². The zero-order chi connectivity index (χ0) is 23.1. The number of hydrogen-bond acceptors (Lipinski definition) is 4. The number of aliphatic imine (C=N–C) groups is 1. The highest BCUT2D eigenvalue weighted by atomic mass is 32.1. The van der Waals surface area contributed by atoms with Crippen LogP contribution in [0.1, 0.15) is 54.5 Å². The molecule has 3 aromatic rings. The molecule has 0 spiro atoms. The summed E-state index contributed by atoms with van der Waals surface area (Å²) in [7, 11) is 0. The predicted molar refractivity (Wildman–Crippen MR) is 120 cm³/mol. The van der Waals surface area contributed by atoms with Gasteiger partial charge in [-0.15, -0.1) is 11.3 Å². The number of benzene rings is 1. The number of nitrogens with zero attached hydrogens (tertiary/aromatic N) is 2. The molecule has 7 heteroatoms. The predicted octanol–water partition coefficient (Wildman–Crippen LogP) is 7.80. The van der Waals surface area contributed by atoms with Crippen LogP contribution < -0.4 is 0 Å². The van der Waals surface area contributed by atoms with Gasteiger partial charge in [-0.3, -0.25) is 0 Å². The lowest BCUT2D eigenvalue weighted by Gasteiger charge is -2.33. The van der Waals surface area contributed by atoms with Crippen LogP contribution in [0.15, 0.2) is 45.8 Å². The third-order valence-corrected chi connectivity index (χ3v) is 7.18. The molecule has 32 heavy (non-hydrogen) atoms. The molecule has 0 radical (unpaired) electrons. The van der Waals surface area contributed by atoms with Crippen LogP contribution in [0.5, 0.6) is 0 Å². The first-order valence-corrected chi connectivity index (χ1v) is 11.2. The summed E-state index contributed by atoms with van der Waals surface area (Å²) >= 11 is 1.52. The van der Waals surface area contributed by atoms with Crippen molar-refractivity contribution in [2.24, 2.45) is 16.3 Å². The van der Waals surface area contributed by atoms with Gasteiger partial charge < -0.3 is 4.42 Å². The maximum atomic E-state index is 13.3. The molecule has 1 aliphatic rings. The summed E-state index contributed by atoms with van der Waals surface area (Å²) in [6.07, 6.45) is -0.150. The van der Waals surface area contributed by atoms with E-state index in [1.54, 1.807) is 12.1 Å². The van der Waals surface area contributed by atoms with E-state index in [1.807, 2.05) is 0 Å². The van der Waals surface area contributed by atoms with Gasteiger partial charge in [0.1, 0.15) is 22.6 Å². The average molecular weight is 457 g/mol. The average Bonchev–Trinajstić information content (AvgIpc) is 3.34. The van der Waals surface area contributed by atoms with E-state index in [9.17, 15) is 18.4 Å². The maximum absolute atomic E-state index is 13.3. The zero-order valence-corrected chi connectivity index (χ0v) is 18.9. The van der Waals surface area contributed by atoms with Crippen molar-refractivity contribution in [2.45, 2.75) is 46.2 Å². The standard InChI is InChI=1S/C25H23F3N2OS/c1-24(2,3)15-8-10-17-19(13-29)23(32-22(17)12-15)30-14-16-9-11-21(31-16)18-6-4-5-7-20(18)25(26,27)28/h4-7,9,11,14-15H,8,10,12H2,1-3H3/t15-/m0/s1. The van der Waals surface area contributed by atoms with Crippen molar-refractivity contribution in [1.29, 1.82) is 5.26 Å². The number of furan rings is 1. The Morgan fingerprint density at radius 1 is 1.16 bits per heavy atom. The van der Waals surface area contributed by atoms with Gasteiger partial charge in [0.2, 0.25) is 0 Å². The lowest BCUT2D eigenvalue weighted by molar-refractivity contribution is -0.137. The van der Waals surface area contributed by atoms with Crippen molar-refractivity contribution < 1.29 is 17.6 Å². The first-order chi connectivity index (χ1) is 15.1. The van der Waals surface area contributed by atoms with Crippen molar-refractivity contribution in [1.82, 2.24) is 0 Å². The number of alkyl halides is 3. The molecule has 2 aromatic heterocycles. The van der Waals surface area contributed by atoms with Crippen molar-refractivity contribution in [3.63, 3.8) is 0 Å². The van der Waals surface area contributed by atoms with Gasteiger partial charge in [-0.1, -0.05) is 39.0 Å². The second-order valence-corrected chi connectivity index (χ2v) is 10.2. The molecule has 0 saturated carbocycles. The molecular weight excluding hydrogens is 433 g/mol. The first-order valence-electron chi connectivity index (χ1n) is 10.4. The minimum Gasteiger partial charge on any atom is -0.455 e. The van der Waals surface area contributed by atoms with E-state index in [-0.39, 0.29) is 16.7 Å². The molecule has 1 aliphatic carbocycles. The number of halogens is 3. The molecule has 1 aromatic carbocycles. The third-order valence-electron chi connectivity index (χ3n) is 6.02. The Bertz CT molecular complexity index is 1210. The van der Waals surface area contributed by atoms with Crippen molar-refractivity contribution in [3.05, 3.63) is 63.7 Å². The number of fused-ring (bicyclic) bond motifs is 1. The Hall–Kier alpha value is -2.85. The van der Waals surface area contributed by atoms with Gasteiger partial charge in [-0.25, -0.2) is 4.99 Å². The maximum Gasteiger partial charge on any atom is 0.417 e. The summed E-state index contributed by atoms with van der Waals surface area (Å²) in [6.45, 7) is 6.73. The molecule has 0 unspecified atom stereocenters. The van der Waals surface area contributed by atoms with Gasteiger partial charge in [0, 0.05) is 10.4 Å². The highest BCUT2D eigenvalue weighted by molar-refractivity contribution is 7.16. The lowest BCUT2D eigenvalue weighted by atomic mass is 9.72. The molecule has 0 fully saturated rings. The largest absolute Gasteiger partial charge is 0.455 e. The van der Waals surface area contributed by atoms with Crippen LogP contribution in [0.4, 0.5) is 18.2 Å². The Kier molecular flexibility index (Phi) is 5.76. The Morgan fingerprint density at radius 3 is 2.59 bits per heavy atom. The molecule has 0 amide bonds. The summed E-state index contributed by atoms with van der Waals surface area (Å²) in [5.41, 5.74) is 1.13. The van der Waals surface area contributed by atoms with Gasteiger partial charge in [-0.05, 0) is 54.4 Å². The van der Waals surface area contributed by atoms with Crippen molar-refractivity contribution >= 4 is 22.6 Å². The van der Waals surface area contributed by atoms with Crippen molar-refractivity contribution in [2.75, 3.05) is 0 Å². The fourth-order valence-corrected chi connectivity index (χ4v) is 5.37. The van der Waals surface area contributed by atoms with Crippen molar-refractivity contribution in [3.8, 4) is 17.4 Å². The minimum atomic E-state index is -4.47. The lowest BCUT2D eigenvalue weighted by Crippen LogP contribution is -2.26. The highest BCUT2D eigenvalue weighted by Crippen LogP contribution is 2.45. The van der Waals surface area contributed by atoms with Gasteiger partial charge >= 0.3 is 6.18 Å². The second kappa shape index (κ2) is 8.25. The van der Waals surface area contributed by atoms with Crippen LogP contribution in [0.3, 0.4) is 0 Å². The van der Waals surface area contributed by atoms with E-state index < -0.39 is 11.7 Å². The third kappa shape index (κ3) is 4.37. The summed E-state index contributed by atoms with van der Waals surface area (Å²) in [5, 5.41) is 10.3. The molecule has 0 N–H and O–H groups in total. The molecule has 0 aliphatic heterocycles. The van der Waals surface area contributed by atoms with Crippen LogP contribution in [0.25, 0.3) is 11.3 Å². The fourth-order valence-electron chi connectivity index (χ4n) is 4.15. The highest BCUT2D eigenvalue weighted by Gasteiger charge is 2.34. The molecule has 0 saturated heterocycles. The molecule has 2 heterocycles. The van der Waals surface area contributed by atoms with Crippen LogP contribution >= 0.6 is 11.3 Å². The SMILES string of the molecule is CC(C)(C)[C@H]1CCc2c(sc(N=Cc3ccc(-c4ccccc4C(F)(F)F)o3)c2C#N)C1. The van der Waals surface area contributed by atoms with E-state index >= 15 is 0 Å². The van der Waals surface area contributed by atoms with E-state index in [2.05, 4.69) is 31.8 Å². The Morgan fingerprint density at radius 2 is 1.91 bits per heavy atom. The molecule has 166 valence electrons. The zero-order valence-electron chi connectivity index (χ0n) is 18.1. The number of hydrogen-bond donors (Lipinski definition) is 0. The van der Waals surface area contributed by atoms with Gasteiger partial charge in [0.25, 0.3) is 0 Å². The topological polar surface area (TPSA) is 49.3 Å². The summed E-state index contributed by atoms with van der Waals surface area (Å²) < 4.78 is 45.6. The second-order valence-electron chi connectivity index (χ2n) is 9.11. The van der Waals surface area contributed by atoms with Crippen LogP contribution in [-0.2, 0) is 19.0 Å². The summed E-state index contributed by atoms with van der Waals surface area (Å²) in [6, 6.07) is 10.7. The van der Waals surface area contributed by atoms with Gasteiger partial charge in [0.15, 0.2) is 0 Å². The summed E-state index contributed by atoms with van der Waals surface area (Å²) in [5.74, 6) is 1.01. The number of rotatable bonds is 3. The minimum absolute atomic E-state index is 0.0165. The van der Waals surface area contributed by atoms with E-state index in [0.29, 0.717) is 22.2 Å². The molecular formula is C25H23F3N2OS. The normalized spacial score (nSPS) is 16.8. The van der Waals surface area contributed by atoms with E-state index in [4.69, 9.17) is 4.42 Å². The van der Waals surface area contributed by atoms with Crippen LogP contribution in [0.2, 0.25) is 0 Å². The van der Waals surface area contributed by atoms with E-state index in [0.717, 1.165) is 30.9 Å². The first kappa shape index (κ1) is 22.3. The quantitative estimate of drug-likeness (QED) is 0.378. The summed E-state index contributed by atoms with van der Waals surface area (Å²) in [4.78, 5) is 5.68. The fraction of sp³-hybridized carbons (Fsp3) is 0.360. The Balaban J connectivity index is 1.61. The monoisotopic (exact) mass is 456 g/mol. The van der Waals surface area contributed by atoms with Gasteiger partial charge in [-0.2, -0.15) is 18.4 Å². The smallest absolute Gasteiger partial charge is 0.417 e.